The van der Waals surface area contributed by atoms with Crippen molar-refractivity contribution in [2.24, 2.45) is 0 Å². The first-order valence-electron chi connectivity index (χ1n) is 7.32. The van der Waals surface area contributed by atoms with Gasteiger partial charge in [0, 0.05) is 0 Å². The van der Waals surface area contributed by atoms with E-state index in [1.54, 1.807) is 22.6 Å². The minimum atomic E-state index is -0.445. The Morgan fingerprint density at radius 3 is 2.79 bits per heavy atom. The monoisotopic (exact) mass is 338 g/mol. The van der Waals surface area contributed by atoms with Gasteiger partial charge in [0.05, 0.1) is 27.3 Å². The second-order valence-electron chi connectivity index (χ2n) is 5.43. The van der Waals surface area contributed by atoms with E-state index in [4.69, 9.17) is 11.6 Å². The predicted molar refractivity (Wildman–Crippen MR) is 93.5 cm³/mol. The lowest BCUT2D eigenvalue weighted by Gasteiger charge is -2.09. The number of rotatable bonds is 2. The Bertz CT molecular complexity index is 1100. The van der Waals surface area contributed by atoms with E-state index in [1.807, 2.05) is 25.1 Å². The van der Waals surface area contributed by atoms with Crippen LogP contribution >= 0.6 is 11.6 Å². The average Bonchev–Trinajstić information content (AvgIpc) is 3.00. The summed E-state index contributed by atoms with van der Waals surface area (Å²) in [6, 6.07) is 10.3. The molecule has 6 heteroatoms. The molecule has 0 saturated heterocycles. The highest BCUT2D eigenvalue weighted by atomic mass is 35.5. The van der Waals surface area contributed by atoms with Gasteiger partial charge in [0.1, 0.15) is 5.82 Å². The molecular weight excluding hydrogens is 327 g/mol. The van der Waals surface area contributed by atoms with E-state index in [0.29, 0.717) is 17.2 Å². The van der Waals surface area contributed by atoms with Gasteiger partial charge < -0.3 is 0 Å². The first kappa shape index (κ1) is 14.8. The van der Waals surface area contributed by atoms with Crippen LogP contribution in [0.15, 0.2) is 43.0 Å². The van der Waals surface area contributed by atoms with Gasteiger partial charge in [0.2, 0.25) is 0 Å². The standard InChI is InChI=1S/C18H12ClFN4/c1-3-11-7-8-14-15(9-11)24-17(10(2)21-14)22-23-18(24)16-12(19)5-4-6-13(16)20/h3-9H,1H2,2H3. The fraction of sp³-hybridized carbons (Fsp3) is 0.0556. The maximum atomic E-state index is 14.4. The molecule has 0 N–H and O–H groups in total. The predicted octanol–water partition coefficient (Wildman–Crippen LogP) is 4.69. The van der Waals surface area contributed by atoms with Gasteiger partial charge in [-0.3, -0.25) is 4.40 Å². The zero-order valence-corrected chi connectivity index (χ0v) is 13.5. The van der Waals surface area contributed by atoms with E-state index < -0.39 is 5.82 Å². The second kappa shape index (κ2) is 5.39. The lowest BCUT2D eigenvalue weighted by Crippen LogP contribution is -1.99. The van der Waals surface area contributed by atoms with Crippen LogP contribution in [0.4, 0.5) is 4.39 Å². The zero-order chi connectivity index (χ0) is 16.8. The molecule has 0 unspecified atom stereocenters. The first-order valence-corrected chi connectivity index (χ1v) is 7.70. The minimum absolute atomic E-state index is 0.225. The van der Waals surface area contributed by atoms with Gasteiger partial charge in [-0.2, -0.15) is 0 Å². The number of benzene rings is 2. The summed E-state index contributed by atoms with van der Waals surface area (Å²) in [4.78, 5) is 4.55. The van der Waals surface area contributed by atoms with Gasteiger partial charge in [-0.1, -0.05) is 36.4 Å². The van der Waals surface area contributed by atoms with E-state index in [0.717, 1.165) is 16.6 Å². The number of aromatic nitrogens is 4. The van der Waals surface area contributed by atoms with Crippen LogP contribution < -0.4 is 0 Å². The number of aryl methyl sites for hydroxylation is 1. The second-order valence-corrected chi connectivity index (χ2v) is 5.84. The Morgan fingerprint density at radius 2 is 2.04 bits per heavy atom. The lowest BCUT2D eigenvalue weighted by atomic mass is 10.1. The van der Waals surface area contributed by atoms with Gasteiger partial charge in [0.15, 0.2) is 11.5 Å². The number of hydrogen-bond acceptors (Lipinski definition) is 3. The summed E-state index contributed by atoms with van der Waals surface area (Å²) in [7, 11) is 0. The molecule has 0 aliphatic rings. The Balaban J connectivity index is 2.20. The molecule has 0 aliphatic heterocycles. The van der Waals surface area contributed by atoms with E-state index in [1.165, 1.54) is 6.07 Å². The third-order valence-corrected chi connectivity index (χ3v) is 4.25. The number of nitrogens with zero attached hydrogens (tertiary/aromatic N) is 4. The van der Waals surface area contributed by atoms with Gasteiger partial charge in [-0.05, 0) is 36.8 Å². The molecule has 2 aromatic carbocycles. The summed E-state index contributed by atoms with van der Waals surface area (Å²) in [5.74, 6) is -0.0934. The topological polar surface area (TPSA) is 43.1 Å². The number of halogens is 2. The van der Waals surface area contributed by atoms with Gasteiger partial charge in [-0.25, -0.2) is 9.37 Å². The highest BCUT2D eigenvalue weighted by molar-refractivity contribution is 6.33. The van der Waals surface area contributed by atoms with Crippen molar-refractivity contribution in [2.75, 3.05) is 0 Å². The molecule has 4 nitrogen and oxygen atoms in total. The molecule has 0 fully saturated rings. The molecule has 24 heavy (non-hydrogen) atoms. The Morgan fingerprint density at radius 1 is 1.21 bits per heavy atom. The van der Waals surface area contributed by atoms with Crippen LogP contribution in [0, 0.1) is 12.7 Å². The molecule has 118 valence electrons. The van der Waals surface area contributed by atoms with Crippen LogP contribution in [-0.2, 0) is 0 Å². The van der Waals surface area contributed by atoms with Crippen molar-refractivity contribution in [2.45, 2.75) is 6.92 Å². The molecule has 0 spiro atoms. The molecule has 4 rings (SSSR count). The third-order valence-electron chi connectivity index (χ3n) is 3.94. The fourth-order valence-electron chi connectivity index (χ4n) is 2.79. The SMILES string of the molecule is C=Cc1ccc2nc(C)c3nnc(-c4c(F)cccc4Cl)n3c2c1. The summed E-state index contributed by atoms with van der Waals surface area (Å²) in [6.07, 6.45) is 1.74. The molecule has 0 amide bonds. The molecule has 0 saturated carbocycles. The molecule has 0 aliphatic carbocycles. The van der Waals surface area contributed by atoms with Crippen LogP contribution in [0.3, 0.4) is 0 Å². The summed E-state index contributed by atoms with van der Waals surface area (Å²) in [5.41, 5.74) is 3.96. The Hall–Kier alpha value is -2.79. The normalized spacial score (nSPS) is 11.3. The Labute approximate surface area is 142 Å². The molecule has 0 bridgehead atoms. The van der Waals surface area contributed by atoms with E-state index in [-0.39, 0.29) is 10.6 Å². The van der Waals surface area contributed by atoms with E-state index >= 15 is 0 Å². The zero-order valence-electron chi connectivity index (χ0n) is 12.8. The fourth-order valence-corrected chi connectivity index (χ4v) is 3.04. The maximum absolute atomic E-state index is 14.4. The van der Waals surface area contributed by atoms with Gasteiger partial charge in [0.25, 0.3) is 0 Å². The summed E-state index contributed by atoms with van der Waals surface area (Å²) in [5, 5.41) is 8.64. The molecule has 0 radical (unpaired) electrons. The van der Waals surface area contributed by atoms with Crippen molar-refractivity contribution in [3.63, 3.8) is 0 Å². The molecule has 2 heterocycles. The lowest BCUT2D eigenvalue weighted by molar-refractivity contribution is 0.630. The summed E-state index contributed by atoms with van der Waals surface area (Å²) < 4.78 is 16.2. The smallest absolute Gasteiger partial charge is 0.183 e. The van der Waals surface area contributed by atoms with Crippen LogP contribution in [-0.4, -0.2) is 19.6 Å². The molecule has 4 aromatic rings. The van der Waals surface area contributed by atoms with Crippen LogP contribution in [0.2, 0.25) is 5.02 Å². The third kappa shape index (κ3) is 2.09. The van der Waals surface area contributed by atoms with Crippen LogP contribution in [0.25, 0.3) is 34.1 Å². The molecule has 2 aromatic heterocycles. The van der Waals surface area contributed by atoms with Gasteiger partial charge in [-0.15, -0.1) is 10.2 Å². The van der Waals surface area contributed by atoms with Gasteiger partial charge >= 0.3 is 0 Å². The van der Waals surface area contributed by atoms with Crippen LogP contribution in [0.1, 0.15) is 11.3 Å². The van der Waals surface area contributed by atoms with E-state index in [9.17, 15) is 4.39 Å². The summed E-state index contributed by atoms with van der Waals surface area (Å²) >= 11 is 6.22. The Kier molecular flexibility index (Phi) is 3.32. The number of hydrogen-bond donors (Lipinski definition) is 0. The van der Waals surface area contributed by atoms with Crippen molar-refractivity contribution < 1.29 is 4.39 Å². The quantitative estimate of drug-likeness (QED) is 0.532. The van der Waals surface area contributed by atoms with Crippen molar-refractivity contribution in [1.29, 1.82) is 0 Å². The minimum Gasteiger partial charge on any atom is -0.272 e. The van der Waals surface area contributed by atoms with E-state index in [2.05, 4.69) is 21.8 Å². The van der Waals surface area contributed by atoms with Crippen molar-refractivity contribution in [3.05, 3.63) is 65.1 Å². The number of fused-ring (bicyclic) bond motifs is 3. The van der Waals surface area contributed by atoms with Crippen molar-refractivity contribution >= 4 is 34.4 Å². The molecular formula is C18H12ClFN4. The first-order chi connectivity index (χ1) is 11.6. The highest BCUT2D eigenvalue weighted by Crippen LogP contribution is 2.31. The largest absolute Gasteiger partial charge is 0.272 e. The maximum Gasteiger partial charge on any atom is 0.183 e. The van der Waals surface area contributed by atoms with Crippen LogP contribution in [0.5, 0.6) is 0 Å². The summed E-state index contributed by atoms with van der Waals surface area (Å²) in [6.45, 7) is 5.63. The molecule has 0 atom stereocenters. The average molecular weight is 339 g/mol. The highest BCUT2D eigenvalue weighted by Gasteiger charge is 2.19. The van der Waals surface area contributed by atoms with Crippen molar-refractivity contribution in [1.82, 2.24) is 19.6 Å². The van der Waals surface area contributed by atoms with Crippen molar-refractivity contribution in [3.8, 4) is 11.4 Å².